The van der Waals surface area contributed by atoms with E-state index >= 15 is 0 Å². The molecule has 0 aromatic heterocycles. The van der Waals surface area contributed by atoms with Crippen LogP contribution in [-0.4, -0.2) is 0 Å². The van der Waals surface area contributed by atoms with Crippen molar-refractivity contribution in [1.29, 1.82) is 0 Å². The summed E-state index contributed by atoms with van der Waals surface area (Å²) in [6.45, 7) is 15.6. The molecule has 0 nitrogen and oxygen atoms in total. The van der Waals surface area contributed by atoms with Crippen LogP contribution in [0.3, 0.4) is 0 Å². The molecule has 0 aliphatic heterocycles. The first-order valence-electron chi connectivity index (χ1n) is 4.82. The summed E-state index contributed by atoms with van der Waals surface area (Å²) in [5.41, 5.74) is 0.439. The lowest BCUT2D eigenvalue weighted by Crippen LogP contribution is -2.30. The highest BCUT2D eigenvalue weighted by Gasteiger charge is 2.31. The van der Waals surface area contributed by atoms with Crippen molar-refractivity contribution in [3.8, 4) is 0 Å². The molecule has 0 aromatic carbocycles. The van der Waals surface area contributed by atoms with Crippen LogP contribution in [0, 0.1) is 24.2 Å². The molecule has 67 valence electrons. The van der Waals surface area contributed by atoms with Gasteiger partial charge in [0.15, 0.2) is 0 Å². The van der Waals surface area contributed by atoms with Crippen LogP contribution in [0.5, 0.6) is 0 Å². The van der Waals surface area contributed by atoms with Crippen molar-refractivity contribution < 1.29 is 0 Å². The van der Waals surface area contributed by atoms with E-state index < -0.39 is 0 Å². The summed E-state index contributed by atoms with van der Waals surface area (Å²) in [5, 5.41) is 0. The molecule has 0 saturated heterocycles. The highest BCUT2D eigenvalue weighted by Crippen LogP contribution is 2.39. The zero-order valence-corrected chi connectivity index (χ0v) is 8.78. The molecule has 3 atom stereocenters. The fourth-order valence-corrected chi connectivity index (χ4v) is 1.65. The maximum atomic E-state index is 4.15. The molecule has 0 aromatic rings. The molecule has 11 heavy (non-hydrogen) atoms. The molecule has 0 heterocycles. The van der Waals surface area contributed by atoms with E-state index in [0.29, 0.717) is 11.3 Å². The molecule has 0 rings (SSSR count). The Morgan fingerprint density at radius 3 is 1.82 bits per heavy atom. The van der Waals surface area contributed by atoms with Crippen molar-refractivity contribution in [2.75, 3.05) is 0 Å². The fourth-order valence-electron chi connectivity index (χ4n) is 1.65. The van der Waals surface area contributed by atoms with E-state index in [1.54, 1.807) is 0 Å². The third-order valence-corrected chi connectivity index (χ3v) is 3.63. The van der Waals surface area contributed by atoms with E-state index in [-0.39, 0.29) is 0 Å². The topological polar surface area (TPSA) is 0 Å². The first kappa shape index (κ1) is 11.0. The van der Waals surface area contributed by atoms with Crippen molar-refractivity contribution in [2.24, 2.45) is 17.3 Å². The summed E-state index contributed by atoms with van der Waals surface area (Å²) < 4.78 is 0. The average molecular weight is 155 g/mol. The lowest BCUT2D eigenvalue weighted by Gasteiger charge is -2.38. The molecule has 0 heteroatoms. The SMILES string of the molecule is [CH2]C(C)C(C)(CC)C(C)CC. The van der Waals surface area contributed by atoms with Crippen LogP contribution in [0.1, 0.15) is 47.5 Å². The second-order valence-corrected chi connectivity index (χ2v) is 4.07. The molecule has 3 unspecified atom stereocenters. The van der Waals surface area contributed by atoms with Gasteiger partial charge in [0.1, 0.15) is 0 Å². The van der Waals surface area contributed by atoms with Crippen LogP contribution in [-0.2, 0) is 0 Å². The smallest absolute Gasteiger partial charge is 0.0277 e. The van der Waals surface area contributed by atoms with Crippen LogP contribution in [0.25, 0.3) is 0 Å². The molecule has 0 bridgehead atoms. The quantitative estimate of drug-likeness (QED) is 0.577. The maximum absolute atomic E-state index is 4.15. The van der Waals surface area contributed by atoms with E-state index in [1.807, 2.05) is 0 Å². The Labute approximate surface area is 72.4 Å². The second kappa shape index (κ2) is 4.13. The van der Waals surface area contributed by atoms with Gasteiger partial charge >= 0.3 is 0 Å². The predicted octanol–water partition coefficient (Wildman–Crippen LogP) is 3.92. The van der Waals surface area contributed by atoms with Gasteiger partial charge in [0.25, 0.3) is 0 Å². The van der Waals surface area contributed by atoms with Crippen molar-refractivity contribution in [2.45, 2.75) is 47.5 Å². The zero-order chi connectivity index (χ0) is 9.07. The summed E-state index contributed by atoms with van der Waals surface area (Å²) in [7, 11) is 0. The highest BCUT2D eigenvalue weighted by molar-refractivity contribution is 4.84. The van der Waals surface area contributed by atoms with Crippen molar-refractivity contribution in [3.05, 3.63) is 6.92 Å². The van der Waals surface area contributed by atoms with E-state index in [9.17, 15) is 0 Å². The highest BCUT2D eigenvalue weighted by atomic mass is 14.4. The lowest BCUT2D eigenvalue weighted by molar-refractivity contribution is 0.131. The zero-order valence-electron chi connectivity index (χ0n) is 8.78. The normalized spacial score (nSPS) is 19.9. The number of hydrogen-bond donors (Lipinski definition) is 0. The maximum Gasteiger partial charge on any atom is -0.0277 e. The van der Waals surface area contributed by atoms with Gasteiger partial charge in [-0.15, -0.1) is 0 Å². The molecular weight excluding hydrogens is 132 g/mol. The van der Waals surface area contributed by atoms with Crippen molar-refractivity contribution in [1.82, 2.24) is 0 Å². The molecule has 0 aliphatic rings. The molecule has 0 fully saturated rings. The fraction of sp³-hybridized carbons (Fsp3) is 0.909. The van der Waals surface area contributed by atoms with E-state index in [1.165, 1.54) is 12.8 Å². The lowest BCUT2D eigenvalue weighted by atomic mass is 9.67. The largest absolute Gasteiger partial charge is 0.0651 e. The average Bonchev–Trinajstić information content (AvgIpc) is 2.01. The Hall–Kier alpha value is 0. The van der Waals surface area contributed by atoms with Crippen molar-refractivity contribution >= 4 is 0 Å². The minimum Gasteiger partial charge on any atom is -0.0651 e. The third kappa shape index (κ3) is 2.21. The molecule has 1 radical (unpaired) electrons. The van der Waals surface area contributed by atoms with Gasteiger partial charge in [0, 0.05) is 0 Å². The van der Waals surface area contributed by atoms with Gasteiger partial charge in [-0.25, -0.2) is 0 Å². The van der Waals surface area contributed by atoms with E-state index in [0.717, 1.165) is 5.92 Å². The van der Waals surface area contributed by atoms with E-state index in [2.05, 4.69) is 41.5 Å². The summed E-state index contributed by atoms with van der Waals surface area (Å²) in [4.78, 5) is 0. The van der Waals surface area contributed by atoms with Gasteiger partial charge in [-0.3, -0.25) is 0 Å². The van der Waals surface area contributed by atoms with E-state index in [4.69, 9.17) is 0 Å². The Kier molecular flexibility index (Phi) is 4.13. The summed E-state index contributed by atoms with van der Waals surface area (Å²) in [5.74, 6) is 1.35. The Morgan fingerprint density at radius 1 is 1.27 bits per heavy atom. The van der Waals surface area contributed by atoms with Crippen LogP contribution in [0.15, 0.2) is 0 Å². The van der Waals surface area contributed by atoms with Gasteiger partial charge < -0.3 is 0 Å². The Morgan fingerprint density at radius 2 is 1.73 bits per heavy atom. The van der Waals surface area contributed by atoms with Gasteiger partial charge in [-0.1, -0.05) is 47.5 Å². The molecule has 0 aliphatic carbocycles. The Bertz CT molecular complexity index is 105. The summed E-state index contributed by atoms with van der Waals surface area (Å²) in [6.07, 6.45) is 2.51. The van der Waals surface area contributed by atoms with Crippen LogP contribution < -0.4 is 0 Å². The first-order valence-corrected chi connectivity index (χ1v) is 4.82. The molecule has 0 saturated carbocycles. The second-order valence-electron chi connectivity index (χ2n) is 4.07. The number of hydrogen-bond acceptors (Lipinski definition) is 0. The molecular formula is C11H23. The minimum absolute atomic E-state index is 0.439. The van der Waals surface area contributed by atoms with Gasteiger partial charge in [-0.05, 0) is 24.2 Å². The number of rotatable bonds is 4. The Balaban J connectivity index is 4.32. The third-order valence-electron chi connectivity index (χ3n) is 3.63. The standard InChI is InChI=1S/C11H23/c1-7-10(5)11(6,8-2)9(3)4/h9-10H,3,7-8H2,1-2,4-6H3. The monoisotopic (exact) mass is 155 g/mol. The molecule has 0 spiro atoms. The summed E-state index contributed by atoms with van der Waals surface area (Å²) in [6, 6.07) is 0. The van der Waals surface area contributed by atoms with Crippen LogP contribution in [0.4, 0.5) is 0 Å². The predicted molar refractivity (Wildman–Crippen MR) is 52.4 cm³/mol. The molecule has 0 amide bonds. The van der Waals surface area contributed by atoms with Gasteiger partial charge in [-0.2, -0.15) is 0 Å². The van der Waals surface area contributed by atoms with Gasteiger partial charge in [0.05, 0.1) is 0 Å². The van der Waals surface area contributed by atoms with Gasteiger partial charge in [0.2, 0.25) is 0 Å². The minimum atomic E-state index is 0.439. The van der Waals surface area contributed by atoms with Crippen molar-refractivity contribution in [3.63, 3.8) is 0 Å². The van der Waals surface area contributed by atoms with Crippen LogP contribution >= 0.6 is 0 Å². The van der Waals surface area contributed by atoms with Crippen LogP contribution in [0.2, 0.25) is 0 Å². The summed E-state index contributed by atoms with van der Waals surface area (Å²) >= 11 is 0. The first-order chi connectivity index (χ1) is 4.99. The molecule has 0 N–H and O–H groups in total.